The molecule has 0 aliphatic heterocycles. The normalized spacial score (nSPS) is 17.6. The van der Waals surface area contributed by atoms with Gasteiger partial charge in [0.2, 0.25) is 0 Å². The van der Waals surface area contributed by atoms with Crippen LogP contribution in [0.5, 0.6) is 5.75 Å². The van der Waals surface area contributed by atoms with E-state index in [0.717, 1.165) is 12.8 Å². The lowest BCUT2D eigenvalue weighted by Crippen LogP contribution is -2.23. The van der Waals surface area contributed by atoms with Gasteiger partial charge in [0.25, 0.3) is 0 Å². The lowest BCUT2D eigenvalue weighted by Gasteiger charge is -2.15. The van der Waals surface area contributed by atoms with E-state index in [9.17, 15) is 13.2 Å². The number of aryl methyl sites for hydroxylation is 1. The van der Waals surface area contributed by atoms with Crippen molar-refractivity contribution in [2.75, 3.05) is 0 Å². The number of nitrogens with two attached hydrogens (primary N) is 1. The molecule has 1 aromatic rings. The van der Waals surface area contributed by atoms with E-state index in [4.69, 9.17) is 5.73 Å². The SMILES string of the molecule is NC(CCc1ccccc1OC(F)(F)F)C1CC1. The molecule has 5 heteroatoms. The van der Waals surface area contributed by atoms with Gasteiger partial charge in [0.15, 0.2) is 0 Å². The minimum absolute atomic E-state index is 0.0870. The number of rotatable bonds is 5. The fraction of sp³-hybridized carbons (Fsp3) is 0.538. The van der Waals surface area contributed by atoms with Crippen molar-refractivity contribution < 1.29 is 17.9 Å². The Morgan fingerprint density at radius 1 is 1.28 bits per heavy atom. The van der Waals surface area contributed by atoms with Gasteiger partial charge in [-0.2, -0.15) is 0 Å². The van der Waals surface area contributed by atoms with Crippen molar-refractivity contribution in [1.29, 1.82) is 0 Å². The van der Waals surface area contributed by atoms with Crippen LogP contribution in [0.25, 0.3) is 0 Å². The second-order valence-electron chi connectivity index (χ2n) is 4.70. The Morgan fingerprint density at radius 2 is 1.94 bits per heavy atom. The first-order valence-electron chi connectivity index (χ1n) is 6.05. The molecule has 0 aromatic heterocycles. The van der Waals surface area contributed by atoms with Crippen molar-refractivity contribution in [2.45, 2.75) is 38.1 Å². The van der Waals surface area contributed by atoms with E-state index in [2.05, 4.69) is 4.74 Å². The van der Waals surface area contributed by atoms with Gasteiger partial charge in [0.1, 0.15) is 5.75 Å². The monoisotopic (exact) mass is 259 g/mol. The zero-order chi connectivity index (χ0) is 13.2. The van der Waals surface area contributed by atoms with Crippen molar-refractivity contribution in [2.24, 2.45) is 11.7 Å². The van der Waals surface area contributed by atoms with Crippen molar-refractivity contribution in [1.82, 2.24) is 0 Å². The van der Waals surface area contributed by atoms with Crippen molar-refractivity contribution in [3.8, 4) is 5.75 Å². The fourth-order valence-corrected chi connectivity index (χ4v) is 2.02. The summed E-state index contributed by atoms with van der Waals surface area (Å²) in [4.78, 5) is 0. The Kier molecular flexibility index (Phi) is 3.80. The van der Waals surface area contributed by atoms with Crippen molar-refractivity contribution in [3.05, 3.63) is 29.8 Å². The van der Waals surface area contributed by atoms with Gasteiger partial charge >= 0.3 is 6.36 Å². The number of benzene rings is 1. The zero-order valence-electron chi connectivity index (χ0n) is 9.91. The Hall–Kier alpha value is -1.23. The highest BCUT2D eigenvalue weighted by Crippen LogP contribution is 2.34. The van der Waals surface area contributed by atoms with Crippen LogP contribution in [0.2, 0.25) is 0 Å². The van der Waals surface area contributed by atoms with Gasteiger partial charge in [-0.15, -0.1) is 13.2 Å². The maximum absolute atomic E-state index is 12.2. The molecule has 1 aliphatic rings. The van der Waals surface area contributed by atoms with E-state index in [-0.39, 0.29) is 11.8 Å². The molecule has 100 valence electrons. The quantitative estimate of drug-likeness (QED) is 0.881. The summed E-state index contributed by atoms with van der Waals surface area (Å²) in [6, 6.07) is 6.32. The Morgan fingerprint density at radius 3 is 2.56 bits per heavy atom. The van der Waals surface area contributed by atoms with Crippen LogP contribution in [0.3, 0.4) is 0 Å². The third-order valence-electron chi connectivity index (χ3n) is 3.17. The molecule has 0 saturated heterocycles. The molecule has 1 saturated carbocycles. The van der Waals surface area contributed by atoms with Gasteiger partial charge < -0.3 is 10.5 Å². The van der Waals surface area contributed by atoms with Gasteiger partial charge in [-0.25, -0.2) is 0 Å². The average molecular weight is 259 g/mol. The van der Waals surface area contributed by atoms with Crippen molar-refractivity contribution in [3.63, 3.8) is 0 Å². The van der Waals surface area contributed by atoms with Crippen LogP contribution in [-0.4, -0.2) is 12.4 Å². The van der Waals surface area contributed by atoms with Crippen LogP contribution in [0.15, 0.2) is 24.3 Å². The summed E-state index contributed by atoms with van der Waals surface area (Å²) in [6.07, 6.45) is -1.15. The molecule has 1 aromatic carbocycles. The molecular formula is C13H16F3NO. The van der Waals surface area contributed by atoms with E-state index in [1.165, 1.54) is 12.1 Å². The minimum Gasteiger partial charge on any atom is -0.406 e. The highest BCUT2D eigenvalue weighted by molar-refractivity contribution is 5.33. The fourth-order valence-electron chi connectivity index (χ4n) is 2.02. The predicted molar refractivity (Wildman–Crippen MR) is 62.1 cm³/mol. The molecule has 18 heavy (non-hydrogen) atoms. The van der Waals surface area contributed by atoms with Gasteiger partial charge in [0.05, 0.1) is 0 Å². The maximum atomic E-state index is 12.2. The first-order chi connectivity index (χ1) is 8.46. The smallest absolute Gasteiger partial charge is 0.406 e. The summed E-state index contributed by atoms with van der Waals surface area (Å²) in [5, 5.41) is 0. The topological polar surface area (TPSA) is 35.2 Å². The lowest BCUT2D eigenvalue weighted by atomic mass is 10.0. The van der Waals surface area contributed by atoms with Gasteiger partial charge in [0, 0.05) is 6.04 Å². The second kappa shape index (κ2) is 5.18. The number of ether oxygens (including phenoxy) is 1. The average Bonchev–Trinajstić information content (AvgIpc) is 3.09. The highest BCUT2D eigenvalue weighted by Gasteiger charge is 2.32. The van der Waals surface area contributed by atoms with E-state index in [1.54, 1.807) is 12.1 Å². The molecule has 2 N–H and O–H groups in total. The molecule has 1 atom stereocenters. The van der Waals surface area contributed by atoms with Crippen molar-refractivity contribution >= 4 is 0 Å². The third-order valence-corrected chi connectivity index (χ3v) is 3.17. The van der Waals surface area contributed by atoms with E-state index < -0.39 is 6.36 Å². The van der Waals surface area contributed by atoms with E-state index >= 15 is 0 Å². The molecule has 1 aliphatic carbocycles. The molecule has 0 amide bonds. The third kappa shape index (κ3) is 3.91. The predicted octanol–water partition coefficient (Wildman–Crippen LogP) is 3.26. The Bertz CT molecular complexity index is 401. The second-order valence-corrected chi connectivity index (χ2v) is 4.70. The minimum atomic E-state index is -4.64. The van der Waals surface area contributed by atoms with E-state index in [1.807, 2.05) is 0 Å². The summed E-state index contributed by atoms with van der Waals surface area (Å²) in [6.45, 7) is 0. The van der Waals surface area contributed by atoms with Crippen LogP contribution < -0.4 is 10.5 Å². The Labute approximate surface area is 104 Å². The number of hydrogen-bond donors (Lipinski definition) is 1. The molecule has 0 radical (unpaired) electrons. The summed E-state index contributed by atoms with van der Waals surface area (Å²) in [5.41, 5.74) is 6.50. The van der Waals surface area contributed by atoms with Gasteiger partial charge in [-0.1, -0.05) is 18.2 Å². The molecule has 0 spiro atoms. The summed E-state index contributed by atoms with van der Waals surface area (Å²) in [7, 11) is 0. The maximum Gasteiger partial charge on any atom is 0.573 e. The van der Waals surface area contributed by atoms with Crippen LogP contribution in [0.1, 0.15) is 24.8 Å². The number of halogens is 3. The molecule has 2 rings (SSSR count). The van der Waals surface area contributed by atoms with E-state index in [0.29, 0.717) is 24.3 Å². The highest BCUT2D eigenvalue weighted by atomic mass is 19.4. The summed E-state index contributed by atoms with van der Waals surface area (Å²) < 4.78 is 40.6. The standard InChI is InChI=1S/C13H16F3NO/c14-13(15,16)18-12-4-2-1-3-10(12)7-8-11(17)9-5-6-9/h1-4,9,11H,5-8,17H2. The Balaban J connectivity index is 1.97. The first kappa shape index (κ1) is 13.2. The lowest BCUT2D eigenvalue weighted by molar-refractivity contribution is -0.274. The number of alkyl halides is 3. The molecule has 0 heterocycles. The molecule has 1 unspecified atom stereocenters. The molecule has 2 nitrogen and oxygen atoms in total. The number of hydrogen-bond acceptors (Lipinski definition) is 2. The van der Waals surface area contributed by atoms with Gasteiger partial charge in [-0.3, -0.25) is 0 Å². The van der Waals surface area contributed by atoms with Gasteiger partial charge in [-0.05, 0) is 43.2 Å². The summed E-state index contributed by atoms with van der Waals surface area (Å²) >= 11 is 0. The molecular weight excluding hydrogens is 243 g/mol. The summed E-state index contributed by atoms with van der Waals surface area (Å²) in [5.74, 6) is 0.439. The van der Waals surface area contributed by atoms with Crippen LogP contribution in [0, 0.1) is 5.92 Å². The molecule has 1 fully saturated rings. The number of para-hydroxylation sites is 1. The van der Waals surface area contributed by atoms with Crippen LogP contribution in [-0.2, 0) is 6.42 Å². The molecule has 0 bridgehead atoms. The first-order valence-corrected chi connectivity index (χ1v) is 6.05. The van der Waals surface area contributed by atoms with Crippen LogP contribution in [0.4, 0.5) is 13.2 Å². The zero-order valence-corrected chi connectivity index (χ0v) is 9.91. The largest absolute Gasteiger partial charge is 0.573 e. The van der Waals surface area contributed by atoms with Crippen LogP contribution >= 0.6 is 0 Å².